The molecule has 1 aliphatic heterocycles. The van der Waals surface area contributed by atoms with Gasteiger partial charge in [-0.15, -0.1) is 5.10 Å². The summed E-state index contributed by atoms with van der Waals surface area (Å²) in [6.45, 7) is 1.48. The number of nitrogens with two attached hydrogens (primary N) is 1. The van der Waals surface area contributed by atoms with E-state index in [-0.39, 0.29) is 12.0 Å². The van der Waals surface area contributed by atoms with Crippen LogP contribution in [-0.2, 0) is 4.74 Å². The lowest BCUT2D eigenvalue weighted by atomic mass is 10.1. The highest BCUT2D eigenvalue weighted by atomic mass is 16.5. The summed E-state index contributed by atoms with van der Waals surface area (Å²) in [5, 5.41) is 15.9. The van der Waals surface area contributed by atoms with Crippen LogP contribution in [0.2, 0.25) is 0 Å². The number of nitrogen functional groups attached to an aromatic ring is 1. The van der Waals surface area contributed by atoms with E-state index in [1.165, 1.54) is 0 Å². The standard InChI is InChI=1S/C16H17N9O/c17-16-21-13-8-19-25(12-2-1-11-7-18-23-24(11)9-12)14(13)15(22-16)20-10-3-5-26-6-4-10/h1-2,7-10H,3-6H2,(H3,17,20,21,22). The molecule has 0 saturated carbocycles. The molecule has 4 aromatic heterocycles. The molecular formula is C16H17N9O. The molecule has 0 radical (unpaired) electrons. The zero-order valence-corrected chi connectivity index (χ0v) is 13.9. The summed E-state index contributed by atoms with van der Waals surface area (Å²) in [4.78, 5) is 8.74. The molecule has 5 heterocycles. The number of ether oxygens (including phenoxy) is 1. The number of fused-ring (bicyclic) bond motifs is 2. The van der Waals surface area contributed by atoms with Crippen molar-refractivity contribution in [2.75, 3.05) is 24.3 Å². The van der Waals surface area contributed by atoms with Crippen molar-refractivity contribution in [3.63, 3.8) is 0 Å². The van der Waals surface area contributed by atoms with Crippen molar-refractivity contribution < 1.29 is 4.74 Å². The average molecular weight is 351 g/mol. The van der Waals surface area contributed by atoms with Gasteiger partial charge in [-0.3, -0.25) is 0 Å². The largest absolute Gasteiger partial charge is 0.381 e. The van der Waals surface area contributed by atoms with Gasteiger partial charge in [-0.2, -0.15) is 10.1 Å². The van der Waals surface area contributed by atoms with Gasteiger partial charge in [0.2, 0.25) is 5.95 Å². The molecule has 0 amide bonds. The van der Waals surface area contributed by atoms with E-state index in [2.05, 4.69) is 30.7 Å². The van der Waals surface area contributed by atoms with Crippen molar-refractivity contribution in [3.05, 3.63) is 30.7 Å². The molecule has 0 atom stereocenters. The first-order valence-electron chi connectivity index (χ1n) is 8.44. The molecule has 26 heavy (non-hydrogen) atoms. The van der Waals surface area contributed by atoms with Gasteiger partial charge in [0.15, 0.2) is 5.82 Å². The fourth-order valence-corrected chi connectivity index (χ4v) is 3.23. The predicted octanol–water partition coefficient (Wildman–Crippen LogP) is 1.03. The SMILES string of the molecule is Nc1nc(NC2CCOCC2)c2c(cnn2-c2ccc3cnnn3c2)n1. The summed E-state index contributed by atoms with van der Waals surface area (Å²) in [5.41, 5.74) is 9.10. The summed E-state index contributed by atoms with van der Waals surface area (Å²) in [7, 11) is 0. The second kappa shape index (κ2) is 5.92. The van der Waals surface area contributed by atoms with E-state index in [0.717, 1.165) is 42.8 Å². The zero-order valence-electron chi connectivity index (χ0n) is 13.9. The summed E-state index contributed by atoms with van der Waals surface area (Å²) in [6.07, 6.45) is 7.10. The predicted molar refractivity (Wildman–Crippen MR) is 95.1 cm³/mol. The Morgan fingerprint density at radius 1 is 1.15 bits per heavy atom. The molecular weight excluding hydrogens is 334 g/mol. The van der Waals surface area contributed by atoms with Crippen LogP contribution in [0.5, 0.6) is 0 Å². The summed E-state index contributed by atoms with van der Waals surface area (Å²) >= 11 is 0. The zero-order chi connectivity index (χ0) is 17.5. The van der Waals surface area contributed by atoms with Crippen molar-refractivity contribution >= 4 is 28.3 Å². The van der Waals surface area contributed by atoms with Gasteiger partial charge in [0, 0.05) is 19.3 Å². The lowest BCUT2D eigenvalue weighted by Gasteiger charge is -2.24. The number of anilines is 2. The molecule has 0 unspecified atom stereocenters. The molecule has 0 aliphatic carbocycles. The number of nitrogens with zero attached hydrogens (tertiary/aromatic N) is 7. The van der Waals surface area contributed by atoms with E-state index < -0.39 is 0 Å². The number of hydrogen-bond acceptors (Lipinski definition) is 8. The fraction of sp³-hybridized carbons (Fsp3) is 0.312. The minimum Gasteiger partial charge on any atom is -0.381 e. The molecule has 1 aliphatic rings. The van der Waals surface area contributed by atoms with Gasteiger partial charge in [-0.25, -0.2) is 14.2 Å². The Labute approximate surface area is 148 Å². The lowest BCUT2D eigenvalue weighted by Crippen LogP contribution is -2.28. The molecule has 132 valence electrons. The Morgan fingerprint density at radius 3 is 2.92 bits per heavy atom. The van der Waals surface area contributed by atoms with Gasteiger partial charge in [0.25, 0.3) is 0 Å². The van der Waals surface area contributed by atoms with Gasteiger partial charge in [-0.05, 0) is 25.0 Å². The Bertz CT molecular complexity index is 1080. The second-order valence-electron chi connectivity index (χ2n) is 6.24. The van der Waals surface area contributed by atoms with Gasteiger partial charge in [-0.1, -0.05) is 5.21 Å². The Balaban J connectivity index is 1.63. The molecule has 3 N–H and O–H groups in total. The highest BCUT2D eigenvalue weighted by Gasteiger charge is 2.19. The van der Waals surface area contributed by atoms with E-state index in [4.69, 9.17) is 10.5 Å². The van der Waals surface area contributed by atoms with E-state index in [0.29, 0.717) is 11.3 Å². The third-order valence-electron chi connectivity index (χ3n) is 4.52. The van der Waals surface area contributed by atoms with Crippen LogP contribution in [0.25, 0.3) is 22.2 Å². The summed E-state index contributed by atoms with van der Waals surface area (Å²) < 4.78 is 8.92. The first kappa shape index (κ1) is 15.0. The van der Waals surface area contributed by atoms with Gasteiger partial charge >= 0.3 is 0 Å². The summed E-state index contributed by atoms with van der Waals surface area (Å²) in [6, 6.07) is 4.18. The first-order valence-corrected chi connectivity index (χ1v) is 8.44. The van der Waals surface area contributed by atoms with E-state index >= 15 is 0 Å². The Morgan fingerprint density at radius 2 is 2.04 bits per heavy atom. The highest BCUT2D eigenvalue weighted by Crippen LogP contribution is 2.26. The van der Waals surface area contributed by atoms with Crippen molar-refractivity contribution in [2.24, 2.45) is 0 Å². The maximum Gasteiger partial charge on any atom is 0.222 e. The van der Waals surface area contributed by atoms with Crippen molar-refractivity contribution in [3.8, 4) is 5.69 Å². The smallest absolute Gasteiger partial charge is 0.222 e. The van der Waals surface area contributed by atoms with Gasteiger partial charge in [0.05, 0.1) is 29.8 Å². The van der Waals surface area contributed by atoms with Crippen LogP contribution in [0.3, 0.4) is 0 Å². The minimum atomic E-state index is 0.221. The highest BCUT2D eigenvalue weighted by molar-refractivity contribution is 5.88. The monoisotopic (exact) mass is 351 g/mol. The third-order valence-corrected chi connectivity index (χ3v) is 4.52. The number of nitrogens with one attached hydrogen (secondary N) is 1. The topological polar surface area (TPSA) is 121 Å². The van der Waals surface area contributed by atoms with Gasteiger partial charge in [0.1, 0.15) is 11.0 Å². The number of pyridine rings is 1. The van der Waals surface area contributed by atoms with Crippen LogP contribution in [0.1, 0.15) is 12.8 Å². The quantitative estimate of drug-likeness (QED) is 0.561. The number of aromatic nitrogens is 7. The molecule has 1 saturated heterocycles. The lowest BCUT2D eigenvalue weighted by molar-refractivity contribution is 0.0904. The molecule has 0 spiro atoms. The number of rotatable bonds is 3. The van der Waals surface area contributed by atoms with E-state index in [9.17, 15) is 0 Å². The van der Waals surface area contributed by atoms with Crippen molar-refractivity contribution in [1.82, 2.24) is 34.6 Å². The van der Waals surface area contributed by atoms with Crippen molar-refractivity contribution in [2.45, 2.75) is 18.9 Å². The van der Waals surface area contributed by atoms with Crippen LogP contribution in [-0.4, -0.2) is 53.8 Å². The van der Waals surface area contributed by atoms with Crippen molar-refractivity contribution in [1.29, 1.82) is 0 Å². The molecule has 4 aromatic rings. The third kappa shape index (κ3) is 2.51. The molecule has 1 fully saturated rings. The first-order chi connectivity index (χ1) is 12.8. The molecule has 0 aromatic carbocycles. The Kier molecular flexibility index (Phi) is 3.42. The summed E-state index contributed by atoms with van der Waals surface area (Å²) in [5.74, 6) is 0.897. The minimum absolute atomic E-state index is 0.221. The Hall–Kier alpha value is -3.27. The van der Waals surface area contributed by atoms with E-state index in [1.807, 2.05) is 18.3 Å². The molecule has 10 heteroatoms. The fourth-order valence-electron chi connectivity index (χ4n) is 3.23. The second-order valence-corrected chi connectivity index (χ2v) is 6.24. The molecule has 0 bridgehead atoms. The maximum atomic E-state index is 5.89. The van der Waals surface area contributed by atoms with Crippen LogP contribution >= 0.6 is 0 Å². The van der Waals surface area contributed by atoms with Crippen LogP contribution < -0.4 is 11.1 Å². The molecule has 10 nitrogen and oxygen atoms in total. The maximum absolute atomic E-state index is 5.89. The normalized spacial score (nSPS) is 15.7. The van der Waals surface area contributed by atoms with Crippen LogP contribution in [0, 0.1) is 0 Å². The van der Waals surface area contributed by atoms with Crippen LogP contribution in [0.4, 0.5) is 11.8 Å². The molecule has 5 rings (SSSR count). The van der Waals surface area contributed by atoms with Crippen LogP contribution in [0.15, 0.2) is 30.7 Å². The van der Waals surface area contributed by atoms with E-state index in [1.54, 1.807) is 21.6 Å². The average Bonchev–Trinajstić information content (AvgIpc) is 3.28. The van der Waals surface area contributed by atoms with Gasteiger partial charge < -0.3 is 15.8 Å². The number of hydrogen-bond donors (Lipinski definition) is 2.